The summed E-state index contributed by atoms with van der Waals surface area (Å²) in [5.41, 5.74) is 2.45. The number of likely N-dealkylation sites (N-methyl/N-ethyl adjacent to an activating group) is 1. The Hall–Kier alpha value is -1.06. The fraction of sp³-hybridized carbons (Fsp3) is 0.571. The summed E-state index contributed by atoms with van der Waals surface area (Å²) in [5.74, 6) is 2.04. The van der Waals surface area contributed by atoms with E-state index in [9.17, 15) is 0 Å². The third-order valence-electron chi connectivity index (χ3n) is 2.60. The van der Waals surface area contributed by atoms with Crippen LogP contribution in [-0.2, 0) is 13.1 Å². The number of hydrogen-bond acceptors (Lipinski definition) is 3. The van der Waals surface area contributed by atoms with Crippen molar-refractivity contribution in [2.45, 2.75) is 33.9 Å². The van der Waals surface area contributed by atoms with E-state index in [0.29, 0.717) is 0 Å². The summed E-state index contributed by atoms with van der Waals surface area (Å²) in [7, 11) is 2.10. The normalized spacial score (nSPS) is 11.1. The molecule has 0 fully saturated rings. The average Bonchev–Trinajstić information content (AvgIpc) is 2.55. The SMILES string of the molecule is C=C(C)CN(C)Cc1cc(CNCC)oc1C. The van der Waals surface area contributed by atoms with Crippen molar-refractivity contribution in [3.05, 3.63) is 35.3 Å². The summed E-state index contributed by atoms with van der Waals surface area (Å²) < 4.78 is 5.71. The van der Waals surface area contributed by atoms with Gasteiger partial charge in [0.2, 0.25) is 0 Å². The third-order valence-corrected chi connectivity index (χ3v) is 2.60. The van der Waals surface area contributed by atoms with Gasteiger partial charge in [-0.3, -0.25) is 4.90 Å². The van der Waals surface area contributed by atoms with Gasteiger partial charge in [-0.1, -0.05) is 19.1 Å². The highest BCUT2D eigenvalue weighted by atomic mass is 16.3. The van der Waals surface area contributed by atoms with E-state index in [1.165, 1.54) is 11.1 Å². The topological polar surface area (TPSA) is 28.4 Å². The molecule has 1 aromatic rings. The molecule has 3 heteroatoms. The van der Waals surface area contributed by atoms with Crippen LogP contribution >= 0.6 is 0 Å². The molecule has 1 rings (SSSR count). The highest BCUT2D eigenvalue weighted by Crippen LogP contribution is 2.16. The van der Waals surface area contributed by atoms with Crippen molar-refractivity contribution < 1.29 is 4.42 Å². The minimum absolute atomic E-state index is 0.807. The van der Waals surface area contributed by atoms with E-state index < -0.39 is 0 Å². The maximum atomic E-state index is 5.71. The summed E-state index contributed by atoms with van der Waals surface area (Å²) in [6.45, 7) is 13.7. The Labute approximate surface area is 104 Å². The van der Waals surface area contributed by atoms with Crippen LogP contribution in [0.3, 0.4) is 0 Å². The lowest BCUT2D eigenvalue weighted by atomic mass is 10.2. The minimum atomic E-state index is 0.807. The average molecular weight is 236 g/mol. The van der Waals surface area contributed by atoms with E-state index >= 15 is 0 Å². The van der Waals surface area contributed by atoms with Crippen LogP contribution in [-0.4, -0.2) is 25.0 Å². The van der Waals surface area contributed by atoms with Crippen molar-refractivity contribution in [3.8, 4) is 0 Å². The van der Waals surface area contributed by atoms with Gasteiger partial charge in [0.1, 0.15) is 11.5 Å². The van der Waals surface area contributed by atoms with Crippen molar-refractivity contribution in [1.29, 1.82) is 0 Å². The predicted molar refractivity (Wildman–Crippen MR) is 72.0 cm³/mol. The highest BCUT2D eigenvalue weighted by Gasteiger charge is 2.09. The zero-order chi connectivity index (χ0) is 12.8. The van der Waals surface area contributed by atoms with Gasteiger partial charge in [0.25, 0.3) is 0 Å². The molecule has 96 valence electrons. The third kappa shape index (κ3) is 4.75. The Morgan fingerprint density at radius 3 is 2.82 bits per heavy atom. The summed E-state index contributed by atoms with van der Waals surface area (Å²) in [6.07, 6.45) is 0. The zero-order valence-corrected chi connectivity index (χ0v) is 11.5. The molecule has 0 spiro atoms. The Morgan fingerprint density at radius 1 is 1.53 bits per heavy atom. The Balaban J connectivity index is 2.58. The predicted octanol–water partition coefficient (Wildman–Crippen LogP) is 2.71. The van der Waals surface area contributed by atoms with Crippen LogP contribution in [0.5, 0.6) is 0 Å². The monoisotopic (exact) mass is 236 g/mol. The number of rotatable bonds is 7. The molecule has 3 nitrogen and oxygen atoms in total. The summed E-state index contributed by atoms with van der Waals surface area (Å²) in [4.78, 5) is 2.25. The van der Waals surface area contributed by atoms with Crippen LogP contribution in [0.1, 0.15) is 30.9 Å². The maximum Gasteiger partial charge on any atom is 0.118 e. The van der Waals surface area contributed by atoms with Crippen LogP contribution in [0.4, 0.5) is 0 Å². The molecule has 1 aromatic heterocycles. The van der Waals surface area contributed by atoms with Gasteiger partial charge < -0.3 is 9.73 Å². The molecule has 0 aliphatic carbocycles. The number of furan rings is 1. The molecule has 0 amide bonds. The largest absolute Gasteiger partial charge is 0.465 e. The molecule has 0 unspecified atom stereocenters. The number of nitrogens with zero attached hydrogens (tertiary/aromatic N) is 1. The van der Waals surface area contributed by atoms with E-state index in [1.807, 2.05) is 6.92 Å². The van der Waals surface area contributed by atoms with Crippen molar-refractivity contribution >= 4 is 0 Å². The molecular formula is C14H24N2O. The second kappa shape index (κ2) is 6.62. The van der Waals surface area contributed by atoms with E-state index in [-0.39, 0.29) is 0 Å². The summed E-state index contributed by atoms with van der Waals surface area (Å²) in [6, 6.07) is 2.15. The summed E-state index contributed by atoms with van der Waals surface area (Å²) >= 11 is 0. The molecular weight excluding hydrogens is 212 g/mol. The first-order valence-electron chi connectivity index (χ1n) is 6.14. The second-order valence-electron chi connectivity index (χ2n) is 4.70. The van der Waals surface area contributed by atoms with E-state index in [2.05, 4.69) is 43.8 Å². The second-order valence-corrected chi connectivity index (χ2v) is 4.70. The van der Waals surface area contributed by atoms with Gasteiger partial charge in [-0.15, -0.1) is 0 Å². The Morgan fingerprint density at radius 2 is 2.24 bits per heavy atom. The lowest BCUT2D eigenvalue weighted by Gasteiger charge is -2.15. The molecule has 0 aliphatic rings. The maximum absolute atomic E-state index is 5.71. The standard InChI is InChI=1S/C14H24N2O/c1-6-15-8-14-7-13(12(4)17-14)10-16(5)9-11(2)3/h7,15H,2,6,8-10H2,1,3-5H3. The molecule has 0 bridgehead atoms. The van der Waals surface area contributed by atoms with Gasteiger partial charge in [0.15, 0.2) is 0 Å². The first-order chi connectivity index (χ1) is 8.02. The fourth-order valence-corrected chi connectivity index (χ4v) is 1.89. The van der Waals surface area contributed by atoms with Crippen molar-refractivity contribution in [1.82, 2.24) is 10.2 Å². The lowest BCUT2D eigenvalue weighted by molar-refractivity contribution is 0.351. The lowest BCUT2D eigenvalue weighted by Crippen LogP contribution is -2.19. The van der Waals surface area contributed by atoms with Crippen molar-refractivity contribution in [2.24, 2.45) is 0 Å². The molecule has 0 saturated carbocycles. The van der Waals surface area contributed by atoms with Crippen LogP contribution in [0.15, 0.2) is 22.6 Å². The zero-order valence-electron chi connectivity index (χ0n) is 11.5. The van der Waals surface area contributed by atoms with Crippen LogP contribution in [0.25, 0.3) is 0 Å². The van der Waals surface area contributed by atoms with Gasteiger partial charge in [0, 0.05) is 18.7 Å². The van der Waals surface area contributed by atoms with E-state index in [1.54, 1.807) is 0 Å². The molecule has 0 atom stereocenters. The highest BCUT2D eigenvalue weighted by molar-refractivity contribution is 5.20. The number of hydrogen-bond donors (Lipinski definition) is 1. The first kappa shape index (κ1) is 14.0. The van der Waals surface area contributed by atoms with Gasteiger partial charge in [-0.25, -0.2) is 0 Å². The first-order valence-corrected chi connectivity index (χ1v) is 6.14. The fourth-order valence-electron chi connectivity index (χ4n) is 1.89. The Bertz CT molecular complexity index is 368. The molecule has 1 heterocycles. The molecule has 17 heavy (non-hydrogen) atoms. The van der Waals surface area contributed by atoms with Crippen LogP contribution < -0.4 is 5.32 Å². The van der Waals surface area contributed by atoms with Gasteiger partial charge in [-0.2, -0.15) is 0 Å². The summed E-state index contributed by atoms with van der Waals surface area (Å²) in [5, 5.41) is 3.27. The van der Waals surface area contributed by atoms with Crippen LogP contribution in [0, 0.1) is 6.92 Å². The molecule has 0 aromatic carbocycles. The minimum Gasteiger partial charge on any atom is -0.465 e. The molecule has 0 saturated heterocycles. The van der Waals surface area contributed by atoms with Gasteiger partial charge in [-0.05, 0) is 33.5 Å². The number of nitrogens with one attached hydrogen (secondary N) is 1. The van der Waals surface area contributed by atoms with Crippen molar-refractivity contribution in [3.63, 3.8) is 0 Å². The van der Waals surface area contributed by atoms with Gasteiger partial charge >= 0.3 is 0 Å². The van der Waals surface area contributed by atoms with E-state index in [0.717, 1.165) is 37.7 Å². The molecule has 1 N–H and O–H groups in total. The van der Waals surface area contributed by atoms with Crippen LogP contribution in [0.2, 0.25) is 0 Å². The van der Waals surface area contributed by atoms with Crippen molar-refractivity contribution in [2.75, 3.05) is 20.1 Å². The Kier molecular flexibility index (Phi) is 5.45. The quantitative estimate of drug-likeness (QED) is 0.738. The smallest absolute Gasteiger partial charge is 0.118 e. The molecule has 0 aliphatic heterocycles. The number of aryl methyl sites for hydroxylation is 1. The van der Waals surface area contributed by atoms with E-state index in [4.69, 9.17) is 4.42 Å². The molecule has 0 radical (unpaired) electrons. The van der Waals surface area contributed by atoms with Gasteiger partial charge in [0.05, 0.1) is 6.54 Å².